The summed E-state index contributed by atoms with van der Waals surface area (Å²) in [6, 6.07) is 11.8. The number of aromatic nitrogens is 1. The van der Waals surface area contributed by atoms with Gasteiger partial charge in [-0.25, -0.2) is 4.98 Å². The van der Waals surface area contributed by atoms with E-state index in [1.165, 1.54) is 0 Å². The number of nitrogens with zero attached hydrogens (tertiary/aromatic N) is 2. The number of piperidine rings is 1. The second-order valence-electron chi connectivity index (χ2n) is 8.06. The van der Waals surface area contributed by atoms with Crippen LogP contribution in [-0.4, -0.2) is 51.4 Å². The van der Waals surface area contributed by atoms with E-state index >= 15 is 0 Å². The molecule has 176 valence electrons. The summed E-state index contributed by atoms with van der Waals surface area (Å²) in [5, 5.41) is 4.09. The SMILES string of the molecule is CCOc1ccc2nc(N3CCC[C@@H](C(=O)NCCc4ccc(OC)cc4OC)C3)sc2c1. The van der Waals surface area contributed by atoms with Crippen LogP contribution in [-0.2, 0) is 11.2 Å². The lowest BCUT2D eigenvalue weighted by Gasteiger charge is -2.31. The summed E-state index contributed by atoms with van der Waals surface area (Å²) < 4.78 is 17.4. The lowest BCUT2D eigenvalue weighted by Crippen LogP contribution is -2.43. The molecular weight excluding hydrogens is 438 g/mol. The maximum Gasteiger partial charge on any atom is 0.224 e. The van der Waals surface area contributed by atoms with Gasteiger partial charge in [0.1, 0.15) is 17.2 Å². The predicted octanol–water partition coefficient (Wildman–Crippen LogP) is 4.29. The van der Waals surface area contributed by atoms with Gasteiger partial charge in [0.25, 0.3) is 0 Å². The molecule has 1 aliphatic rings. The van der Waals surface area contributed by atoms with Crippen LogP contribution in [0.3, 0.4) is 0 Å². The number of carbonyl (C=O) groups excluding carboxylic acids is 1. The average Bonchev–Trinajstić information content (AvgIpc) is 3.28. The number of hydrogen-bond acceptors (Lipinski definition) is 7. The fourth-order valence-electron chi connectivity index (χ4n) is 4.17. The number of methoxy groups -OCH3 is 2. The molecule has 1 atom stereocenters. The van der Waals surface area contributed by atoms with Crippen molar-refractivity contribution >= 4 is 32.6 Å². The Morgan fingerprint density at radius 1 is 1.18 bits per heavy atom. The van der Waals surface area contributed by atoms with E-state index in [1.54, 1.807) is 25.6 Å². The lowest BCUT2D eigenvalue weighted by molar-refractivity contribution is -0.125. The van der Waals surface area contributed by atoms with E-state index in [4.69, 9.17) is 19.2 Å². The molecular formula is C25H31N3O4S. The van der Waals surface area contributed by atoms with Crippen molar-refractivity contribution in [2.24, 2.45) is 5.92 Å². The van der Waals surface area contributed by atoms with Crippen LogP contribution in [0.1, 0.15) is 25.3 Å². The van der Waals surface area contributed by atoms with Gasteiger partial charge in [-0.2, -0.15) is 0 Å². The normalized spacial score (nSPS) is 16.0. The Bertz CT molecular complexity index is 1100. The number of hydrogen-bond donors (Lipinski definition) is 1. The zero-order valence-electron chi connectivity index (χ0n) is 19.4. The summed E-state index contributed by atoms with van der Waals surface area (Å²) in [7, 11) is 3.28. The van der Waals surface area contributed by atoms with Crippen LogP contribution in [0.4, 0.5) is 5.13 Å². The van der Waals surface area contributed by atoms with E-state index in [9.17, 15) is 4.79 Å². The Morgan fingerprint density at radius 3 is 2.82 bits per heavy atom. The first-order chi connectivity index (χ1) is 16.1. The zero-order chi connectivity index (χ0) is 23.2. The van der Waals surface area contributed by atoms with Crippen molar-refractivity contribution in [3.05, 3.63) is 42.0 Å². The van der Waals surface area contributed by atoms with Gasteiger partial charge >= 0.3 is 0 Å². The molecule has 2 heterocycles. The molecule has 0 spiro atoms. The molecule has 1 saturated heterocycles. The highest BCUT2D eigenvalue weighted by molar-refractivity contribution is 7.22. The van der Waals surface area contributed by atoms with E-state index in [0.29, 0.717) is 26.1 Å². The molecule has 7 nitrogen and oxygen atoms in total. The van der Waals surface area contributed by atoms with Gasteiger partial charge in [-0.05, 0) is 56.0 Å². The number of thiazole rings is 1. The number of ether oxygens (including phenoxy) is 3. The van der Waals surface area contributed by atoms with Crippen LogP contribution < -0.4 is 24.4 Å². The van der Waals surface area contributed by atoms with Crippen molar-refractivity contribution in [1.29, 1.82) is 0 Å². The van der Waals surface area contributed by atoms with Crippen LogP contribution in [0, 0.1) is 5.92 Å². The average molecular weight is 470 g/mol. The third-order valence-electron chi connectivity index (χ3n) is 5.91. The molecule has 4 rings (SSSR count). The van der Waals surface area contributed by atoms with E-state index in [-0.39, 0.29) is 11.8 Å². The topological polar surface area (TPSA) is 72.9 Å². The maximum absolute atomic E-state index is 12.9. The molecule has 2 aromatic carbocycles. The van der Waals surface area contributed by atoms with Crippen molar-refractivity contribution in [2.75, 3.05) is 45.4 Å². The summed E-state index contributed by atoms with van der Waals surface area (Å²) in [5.74, 6) is 2.46. The molecule has 0 unspecified atom stereocenters. The van der Waals surface area contributed by atoms with Crippen molar-refractivity contribution in [2.45, 2.75) is 26.2 Å². The minimum atomic E-state index is -0.0393. The highest BCUT2D eigenvalue weighted by atomic mass is 32.1. The first kappa shape index (κ1) is 23.2. The first-order valence-corrected chi connectivity index (χ1v) is 12.2. The van der Waals surface area contributed by atoms with Gasteiger partial charge in [0.2, 0.25) is 5.91 Å². The van der Waals surface area contributed by atoms with E-state index in [0.717, 1.165) is 57.5 Å². The summed E-state index contributed by atoms with van der Waals surface area (Å²) in [5.41, 5.74) is 2.02. The number of fused-ring (bicyclic) bond motifs is 1. The first-order valence-electron chi connectivity index (χ1n) is 11.4. The van der Waals surface area contributed by atoms with Gasteiger partial charge in [0, 0.05) is 25.7 Å². The maximum atomic E-state index is 12.9. The van der Waals surface area contributed by atoms with Crippen LogP contribution in [0.5, 0.6) is 17.2 Å². The predicted molar refractivity (Wildman–Crippen MR) is 132 cm³/mol. The number of rotatable bonds is 9. The van der Waals surface area contributed by atoms with E-state index < -0.39 is 0 Å². The highest BCUT2D eigenvalue weighted by Gasteiger charge is 2.27. The van der Waals surface area contributed by atoms with Crippen LogP contribution in [0.2, 0.25) is 0 Å². The minimum Gasteiger partial charge on any atom is -0.497 e. The number of benzene rings is 2. The monoisotopic (exact) mass is 469 g/mol. The molecule has 0 aliphatic carbocycles. The molecule has 8 heteroatoms. The number of anilines is 1. The Labute approximate surface area is 198 Å². The van der Waals surface area contributed by atoms with Gasteiger partial charge in [-0.3, -0.25) is 4.79 Å². The fourth-order valence-corrected chi connectivity index (χ4v) is 5.20. The largest absolute Gasteiger partial charge is 0.497 e. The van der Waals surface area contributed by atoms with Gasteiger partial charge < -0.3 is 24.4 Å². The van der Waals surface area contributed by atoms with Gasteiger partial charge in [-0.15, -0.1) is 0 Å². The summed E-state index contributed by atoms with van der Waals surface area (Å²) in [6.07, 6.45) is 2.58. The van der Waals surface area contributed by atoms with Gasteiger partial charge in [0.05, 0.1) is 37.0 Å². The van der Waals surface area contributed by atoms with Crippen molar-refractivity contribution in [3.8, 4) is 17.2 Å². The Morgan fingerprint density at radius 2 is 2.03 bits per heavy atom. The molecule has 0 saturated carbocycles. The zero-order valence-corrected chi connectivity index (χ0v) is 20.2. The van der Waals surface area contributed by atoms with Crippen LogP contribution in [0.15, 0.2) is 36.4 Å². The number of carbonyl (C=O) groups is 1. The molecule has 1 aromatic heterocycles. The molecule has 1 N–H and O–H groups in total. The third-order valence-corrected chi connectivity index (χ3v) is 6.99. The van der Waals surface area contributed by atoms with Crippen molar-refractivity contribution < 1.29 is 19.0 Å². The van der Waals surface area contributed by atoms with Crippen molar-refractivity contribution in [3.63, 3.8) is 0 Å². The lowest BCUT2D eigenvalue weighted by atomic mass is 9.97. The molecule has 1 aliphatic heterocycles. The fraction of sp³-hybridized carbons (Fsp3) is 0.440. The quantitative estimate of drug-likeness (QED) is 0.504. The molecule has 33 heavy (non-hydrogen) atoms. The summed E-state index contributed by atoms with van der Waals surface area (Å²) in [6.45, 7) is 4.81. The highest BCUT2D eigenvalue weighted by Crippen LogP contribution is 2.33. The molecule has 0 bridgehead atoms. The molecule has 3 aromatic rings. The Hall–Kier alpha value is -3.00. The van der Waals surface area contributed by atoms with E-state index in [1.807, 2.05) is 43.3 Å². The van der Waals surface area contributed by atoms with E-state index in [2.05, 4.69) is 10.2 Å². The molecule has 0 radical (unpaired) electrons. The van der Waals surface area contributed by atoms with Crippen LogP contribution in [0.25, 0.3) is 10.2 Å². The second-order valence-corrected chi connectivity index (χ2v) is 9.07. The van der Waals surface area contributed by atoms with Crippen LogP contribution >= 0.6 is 11.3 Å². The van der Waals surface area contributed by atoms with Crippen molar-refractivity contribution in [1.82, 2.24) is 10.3 Å². The standard InChI is InChI=1S/C25H31N3O4S/c1-4-32-20-9-10-21-23(15-20)33-25(27-21)28-13-5-6-18(16-28)24(29)26-12-11-17-7-8-19(30-2)14-22(17)31-3/h7-10,14-15,18H,4-6,11-13,16H2,1-3H3,(H,26,29)/t18-/m1/s1. The minimum absolute atomic E-state index is 0.0393. The second kappa shape index (κ2) is 10.7. The Balaban J connectivity index is 1.34. The molecule has 1 amide bonds. The Kier molecular flexibility index (Phi) is 7.54. The number of amides is 1. The summed E-state index contributed by atoms with van der Waals surface area (Å²) >= 11 is 1.66. The number of nitrogens with one attached hydrogen (secondary N) is 1. The van der Waals surface area contributed by atoms with Gasteiger partial charge in [0.15, 0.2) is 5.13 Å². The smallest absolute Gasteiger partial charge is 0.224 e. The third kappa shape index (κ3) is 5.50. The van der Waals surface area contributed by atoms with Gasteiger partial charge in [-0.1, -0.05) is 17.4 Å². The molecule has 1 fully saturated rings. The summed E-state index contributed by atoms with van der Waals surface area (Å²) in [4.78, 5) is 19.9.